The highest BCUT2D eigenvalue weighted by Gasteiger charge is 2.29. The van der Waals surface area contributed by atoms with Gasteiger partial charge in [0.2, 0.25) is 11.8 Å². The molecule has 0 fully saturated rings. The number of hydrogen-bond donors (Lipinski definition) is 6. The molecule has 0 aliphatic carbocycles. The molecular formula is C35H44N2O7S2. The summed E-state index contributed by atoms with van der Waals surface area (Å²) >= 11 is 8.51. The van der Waals surface area contributed by atoms with Crippen LogP contribution < -0.4 is 10.6 Å². The fraction of sp³-hybridized carbons (Fsp3) is 0.371. The molecular weight excluding hydrogens is 625 g/mol. The molecule has 0 spiro atoms. The van der Waals surface area contributed by atoms with Crippen LogP contribution in [0.4, 0.5) is 0 Å². The first kappa shape index (κ1) is 38.4. The van der Waals surface area contributed by atoms with Gasteiger partial charge < -0.3 is 25.6 Å². The van der Waals surface area contributed by atoms with Crippen LogP contribution >= 0.6 is 25.3 Å². The Morgan fingerprint density at radius 1 is 0.652 bits per heavy atom. The van der Waals surface area contributed by atoms with Crippen molar-refractivity contribution in [3.05, 3.63) is 108 Å². The fourth-order valence-electron chi connectivity index (χ4n) is 4.62. The molecule has 2 amide bonds. The van der Waals surface area contributed by atoms with Crippen molar-refractivity contribution < 1.29 is 34.1 Å². The third kappa shape index (κ3) is 12.5. The average Bonchev–Trinajstić information content (AvgIpc) is 3.06. The SMILES string of the molecule is CC(c1ccccc1)C(CS)C(=O)N[C@@H](C)C(=O)O.CC(c1ccccc1)C(CS)C(=O)N[C@@H](COCc1ccccc1)C(=O)O. The third-order valence-corrected chi connectivity index (χ3v) is 8.45. The summed E-state index contributed by atoms with van der Waals surface area (Å²) in [6, 6.07) is 26.8. The predicted molar refractivity (Wildman–Crippen MR) is 185 cm³/mol. The van der Waals surface area contributed by atoms with E-state index in [1.54, 1.807) is 0 Å². The highest BCUT2D eigenvalue weighted by Crippen LogP contribution is 2.26. The molecule has 3 rings (SSSR count). The van der Waals surface area contributed by atoms with E-state index in [1.807, 2.05) is 105 Å². The second-order valence-electron chi connectivity index (χ2n) is 10.9. The zero-order valence-electron chi connectivity index (χ0n) is 26.3. The van der Waals surface area contributed by atoms with Gasteiger partial charge in [-0.1, -0.05) is 105 Å². The summed E-state index contributed by atoms with van der Waals surface area (Å²) in [5, 5.41) is 23.3. The first-order valence-electron chi connectivity index (χ1n) is 15.0. The zero-order valence-corrected chi connectivity index (χ0v) is 28.1. The van der Waals surface area contributed by atoms with Crippen LogP contribution in [0.3, 0.4) is 0 Å². The maximum Gasteiger partial charge on any atom is 0.328 e. The molecule has 3 aromatic carbocycles. The van der Waals surface area contributed by atoms with Crippen molar-refractivity contribution in [3.63, 3.8) is 0 Å². The lowest BCUT2D eigenvalue weighted by Crippen LogP contribution is -2.47. The maximum atomic E-state index is 12.7. The minimum absolute atomic E-state index is 0.0142. The Kier molecular flexibility index (Phi) is 17.0. The molecule has 9 nitrogen and oxygen atoms in total. The largest absolute Gasteiger partial charge is 0.480 e. The van der Waals surface area contributed by atoms with Crippen molar-refractivity contribution >= 4 is 49.0 Å². The van der Waals surface area contributed by atoms with Crippen molar-refractivity contribution in [1.29, 1.82) is 0 Å². The minimum atomic E-state index is -1.12. The lowest BCUT2D eigenvalue weighted by atomic mass is 9.88. The summed E-state index contributed by atoms with van der Waals surface area (Å²) in [6.07, 6.45) is 0. The molecule has 0 aliphatic heterocycles. The Balaban J connectivity index is 0.000000341. The van der Waals surface area contributed by atoms with Crippen LogP contribution in [0, 0.1) is 11.8 Å². The first-order valence-corrected chi connectivity index (χ1v) is 16.3. The molecule has 4 unspecified atom stereocenters. The quantitative estimate of drug-likeness (QED) is 0.117. The van der Waals surface area contributed by atoms with Crippen LogP contribution in [0.15, 0.2) is 91.0 Å². The lowest BCUT2D eigenvalue weighted by Gasteiger charge is -2.24. The van der Waals surface area contributed by atoms with Crippen molar-refractivity contribution in [1.82, 2.24) is 10.6 Å². The number of amides is 2. The number of nitrogens with one attached hydrogen (secondary N) is 2. The Morgan fingerprint density at radius 3 is 1.46 bits per heavy atom. The minimum Gasteiger partial charge on any atom is -0.480 e. The second-order valence-corrected chi connectivity index (χ2v) is 11.7. The summed E-state index contributed by atoms with van der Waals surface area (Å²) in [6.45, 7) is 5.52. The fourth-order valence-corrected chi connectivity index (χ4v) is 5.58. The van der Waals surface area contributed by atoms with E-state index in [9.17, 15) is 24.3 Å². The van der Waals surface area contributed by atoms with E-state index in [4.69, 9.17) is 9.84 Å². The van der Waals surface area contributed by atoms with Gasteiger partial charge >= 0.3 is 11.9 Å². The van der Waals surface area contributed by atoms with Gasteiger partial charge in [0.15, 0.2) is 6.04 Å². The summed E-state index contributed by atoms with van der Waals surface area (Å²) in [4.78, 5) is 47.0. The van der Waals surface area contributed by atoms with Crippen LogP contribution in [-0.4, -0.2) is 64.2 Å². The van der Waals surface area contributed by atoms with E-state index in [-0.39, 0.29) is 42.8 Å². The van der Waals surface area contributed by atoms with Gasteiger partial charge in [-0.3, -0.25) is 14.4 Å². The van der Waals surface area contributed by atoms with Crippen LogP contribution in [-0.2, 0) is 30.5 Å². The van der Waals surface area contributed by atoms with Crippen molar-refractivity contribution in [2.24, 2.45) is 11.8 Å². The van der Waals surface area contributed by atoms with E-state index < -0.39 is 29.9 Å². The molecule has 0 heterocycles. The maximum absolute atomic E-state index is 12.7. The van der Waals surface area contributed by atoms with Gasteiger partial charge in [0, 0.05) is 11.5 Å². The van der Waals surface area contributed by atoms with E-state index in [0.717, 1.165) is 16.7 Å². The van der Waals surface area contributed by atoms with Crippen molar-refractivity contribution in [3.8, 4) is 0 Å². The Morgan fingerprint density at radius 2 is 1.07 bits per heavy atom. The molecule has 4 N–H and O–H groups in total. The Labute approximate surface area is 282 Å². The van der Waals surface area contributed by atoms with Crippen molar-refractivity contribution in [2.45, 2.75) is 51.3 Å². The second kappa shape index (κ2) is 20.3. The number of thiol groups is 2. The number of benzene rings is 3. The number of hydrogen-bond acceptors (Lipinski definition) is 7. The predicted octanol–water partition coefficient (Wildman–Crippen LogP) is 5.05. The zero-order chi connectivity index (χ0) is 34.1. The molecule has 0 saturated heterocycles. The Hall–Kier alpha value is -3.80. The van der Waals surface area contributed by atoms with E-state index >= 15 is 0 Å². The van der Waals surface area contributed by atoms with Crippen LogP contribution in [0.1, 0.15) is 49.3 Å². The van der Waals surface area contributed by atoms with Gasteiger partial charge in [0.05, 0.1) is 25.0 Å². The summed E-state index contributed by atoms with van der Waals surface area (Å²) in [7, 11) is 0. The lowest BCUT2D eigenvalue weighted by molar-refractivity contribution is -0.144. The van der Waals surface area contributed by atoms with E-state index in [1.165, 1.54) is 6.92 Å². The highest BCUT2D eigenvalue weighted by atomic mass is 32.1. The first-order chi connectivity index (χ1) is 22.0. The Bertz CT molecular complexity index is 1360. The van der Waals surface area contributed by atoms with Gasteiger partial charge in [-0.25, -0.2) is 4.79 Å². The number of aliphatic carboxylic acids is 2. The third-order valence-electron chi connectivity index (χ3n) is 7.66. The average molecular weight is 669 g/mol. The number of carboxylic acid groups (broad SMARTS) is 2. The molecule has 0 aromatic heterocycles. The topological polar surface area (TPSA) is 142 Å². The molecule has 3 aromatic rings. The smallest absolute Gasteiger partial charge is 0.328 e. The number of rotatable bonds is 16. The van der Waals surface area contributed by atoms with Gasteiger partial charge in [-0.05, 0) is 35.4 Å². The summed E-state index contributed by atoms with van der Waals surface area (Å²) in [5.74, 6) is -2.98. The standard InChI is InChI=1S/C21H25NO4S.C14H19NO3S/c1-15(17-10-6-3-7-11-17)18(14-27)20(23)22-19(21(24)25)13-26-12-16-8-4-2-5-9-16;1-9(11-6-4-3-5-7-11)12(8-19)13(16)15-10(2)14(17)18/h2-11,15,18-19,27H,12-14H2,1H3,(H,22,23)(H,24,25);3-7,9-10,12,19H,8H2,1-2H3,(H,15,16)(H,17,18)/t15?,18?,19-;9?,10-,12?/m00/s1. The van der Waals surface area contributed by atoms with Gasteiger partial charge in [0.1, 0.15) is 6.04 Å². The highest BCUT2D eigenvalue weighted by molar-refractivity contribution is 7.80. The molecule has 0 bridgehead atoms. The molecule has 46 heavy (non-hydrogen) atoms. The number of carbonyl (C=O) groups is 4. The molecule has 248 valence electrons. The summed E-state index contributed by atoms with van der Waals surface area (Å²) < 4.78 is 5.49. The van der Waals surface area contributed by atoms with Gasteiger partial charge in [-0.15, -0.1) is 0 Å². The van der Waals surface area contributed by atoms with Crippen LogP contribution in [0.5, 0.6) is 0 Å². The summed E-state index contributed by atoms with van der Waals surface area (Å²) in [5.41, 5.74) is 3.00. The molecule has 0 aliphatic rings. The molecule has 0 radical (unpaired) electrons. The van der Waals surface area contributed by atoms with Crippen molar-refractivity contribution in [2.75, 3.05) is 18.1 Å². The van der Waals surface area contributed by atoms with Gasteiger partial charge in [0.25, 0.3) is 0 Å². The van der Waals surface area contributed by atoms with Crippen LogP contribution in [0.2, 0.25) is 0 Å². The number of carboxylic acids is 2. The van der Waals surface area contributed by atoms with Crippen LogP contribution in [0.25, 0.3) is 0 Å². The normalized spacial score (nSPS) is 14.6. The molecule has 11 heteroatoms. The van der Waals surface area contributed by atoms with Gasteiger partial charge in [-0.2, -0.15) is 25.3 Å². The van der Waals surface area contributed by atoms with E-state index in [0.29, 0.717) is 11.5 Å². The molecule has 6 atom stereocenters. The van der Waals surface area contributed by atoms with E-state index in [2.05, 4.69) is 35.9 Å². The molecule has 0 saturated carbocycles. The number of carbonyl (C=O) groups excluding carboxylic acids is 2. The monoisotopic (exact) mass is 668 g/mol. The number of ether oxygens (including phenoxy) is 1.